The Hall–Kier alpha value is -2.20. The number of aliphatic hydroxyl groups is 2. The van der Waals surface area contributed by atoms with Gasteiger partial charge in [-0.3, -0.25) is 0 Å². The highest BCUT2D eigenvalue weighted by atomic mass is 16.3. The van der Waals surface area contributed by atoms with Gasteiger partial charge in [0.05, 0.1) is 12.2 Å². The van der Waals surface area contributed by atoms with Gasteiger partial charge >= 0.3 is 0 Å². The Bertz CT molecular complexity index is 948. The second-order valence-corrected chi connectivity index (χ2v) is 9.41. The van der Waals surface area contributed by atoms with E-state index in [1.165, 1.54) is 22.3 Å². The highest BCUT2D eigenvalue weighted by Crippen LogP contribution is 2.48. The molecular weight excluding hydrogens is 382 g/mol. The van der Waals surface area contributed by atoms with E-state index in [-0.39, 0.29) is 12.0 Å². The van der Waals surface area contributed by atoms with Crippen molar-refractivity contribution >= 4 is 0 Å². The van der Waals surface area contributed by atoms with Crippen LogP contribution in [0.4, 0.5) is 0 Å². The second-order valence-electron chi connectivity index (χ2n) is 9.41. The molecule has 3 heteroatoms. The van der Waals surface area contributed by atoms with Crippen molar-refractivity contribution in [2.24, 2.45) is 23.5 Å². The van der Waals surface area contributed by atoms with Gasteiger partial charge in [0.15, 0.2) is 0 Å². The second kappa shape index (κ2) is 9.95. The summed E-state index contributed by atoms with van der Waals surface area (Å²) in [5.74, 6) is 1.05. The van der Waals surface area contributed by atoms with Crippen molar-refractivity contribution in [3.05, 3.63) is 94.6 Å². The highest BCUT2D eigenvalue weighted by molar-refractivity contribution is 5.27. The molecule has 0 saturated heterocycles. The van der Waals surface area contributed by atoms with Gasteiger partial charge in [-0.25, -0.2) is 0 Å². The number of aryl methyl sites for hydroxylation is 2. The van der Waals surface area contributed by atoms with Gasteiger partial charge < -0.3 is 15.9 Å². The summed E-state index contributed by atoms with van der Waals surface area (Å²) in [6, 6.07) is 16.8. The lowest BCUT2D eigenvalue weighted by Gasteiger charge is -2.19. The summed E-state index contributed by atoms with van der Waals surface area (Å²) >= 11 is 0. The molecule has 0 heterocycles. The minimum atomic E-state index is -0.517. The molecule has 0 aromatic heterocycles. The van der Waals surface area contributed by atoms with Gasteiger partial charge in [0.2, 0.25) is 0 Å². The quantitative estimate of drug-likeness (QED) is 0.555. The van der Waals surface area contributed by atoms with Crippen LogP contribution in [0.5, 0.6) is 0 Å². The fraction of sp³-hybridized carbons (Fsp3) is 0.429. The molecule has 2 aliphatic carbocycles. The average molecular weight is 418 g/mol. The Labute approximate surface area is 186 Å². The van der Waals surface area contributed by atoms with Crippen molar-refractivity contribution in [3.8, 4) is 0 Å². The molecule has 5 atom stereocenters. The fourth-order valence-electron chi connectivity index (χ4n) is 5.41. The summed E-state index contributed by atoms with van der Waals surface area (Å²) in [6.07, 6.45) is 10.2. The average Bonchev–Trinajstić information content (AvgIpc) is 3.27. The molecule has 0 radical (unpaired) electrons. The Kier molecular flexibility index (Phi) is 7.06. The van der Waals surface area contributed by atoms with Crippen LogP contribution in [0.2, 0.25) is 0 Å². The fourth-order valence-corrected chi connectivity index (χ4v) is 5.41. The SMILES string of the molecule is Cc1cccc(C[C@@H](O)C=C[C@@H]2[C@H]3CC(CCc4cccc(CN)c4)=C[C@H]3C[C@H]2O)c1. The molecule has 0 aliphatic heterocycles. The molecule has 4 rings (SSSR count). The van der Waals surface area contributed by atoms with Gasteiger partial charge in [-0.1, -0.05) is 77.9 Å². The molecule has 0 amide bonds. The third-order valence-corrected chi connectivity index (χ3v) is 6.99. The zero-order valence-electron chi connectivity index (χ0n) is 18.5. The van der Waals surface area contributed by atoms with E-state index in [0.29, 0.717) is 24.8 Å². The zero-order chi connectivity index (χ0) is 21.8. The highest BCUT2D eigenvalue weighted by Gasteiger charge is 2.43. The lowest BCUT2D eigenvalue weighted by atomic mass is 9.88. The summed E-state index contributed by atoms with van der Waals surface area (Å²) in [5, 5.41) is 21.1. The van der Waals surface area contributed by atoms with Crippen LogP contribution in [0.1, 0.15) is 41.5 Å². The van der Waals surface area contributed by atoms with Crippen LogP contribution >= 0.6 is 0 Å². The molecule has 4 N–H and O–H groups in total. The van der Waals surface area contributed by atoms with Crippen molar-refractivity contribution in [1.82, 2.24) is 0 Å². The van der Waals surface area contributed by atoms with E-state index in [0.717, 1.165) is 31.2 Å². The zero-order valence-corrected chi connectivity index (χ0v) is 18.5. The van der Waals surface area contributed by atoms with E-state index < -0.39 is 6.10 Å². The molecule has 164 valence electrons. The normalized spacial score (nSPS) is 26.3. The molecular formula is C28H35NO2. The lowest BCUT2D eigenvalue weighted by Crippen LogP contribution is -2.18. The van der Waals surface area contributed by atoms with Gasteiger partial charge in [-0.15, -0.1) is 0 Å². The summed E-state index contributed by atoms with van der Waals surface area (Å²) < 4.78 is 0. The Morgan fingerprint density at radius 1 is 1.06 bits per heavy atom. The molecule has 1 fully saturated rings. The molecule has 0 spiro atoms. The van der Waals surface area contributed by atoms with Gasteiger partial charge in [-0.05, 0) is 61.1 Å². The van der Waals surface area contributed by atoms with Gasteiger partial charge in [0, 0.05) is 18.9 Å². The minimum absolute atomic E-state index is 0.131. The van der Waals surface area contributed by atoms with Crippen molar-refractivity contribution in [3.63, 3.8) is 0 Å². The first-order chi connectivity index (χ1) is 15.0. The van der Waals surface area contributed by atoms with E-state index in [1.807, 2.05) is 12.1 Å². The predicted octanol–water partition coefficient (Wildman–Crippen LogP) is 4.49. The number of nitrogens with two attached hydrogens (primary N) is 1. The third-order valence-electron chi connectivity index (χ3n) is 6.99. The summed E-state index contributed by atoms with van der Waals surface area (Å²) in [6.45, 7) is 2.66. The largest absolute Gasteiger partial charge is 0.392 e. The topological polar surface area (TPSA) is 66.5 Å². The molecule has 2 aliphatic rings. The molecule has 2 aromatic rings. The predicted molar refractivity (Wildman–Crippen MR) is 126 cm³/mol. The maximum absolute atomic E-state index is 10.6. The molecule has 3 nitrogen and oxygen atoms in total. The maximum atomic E-state index is 10.6. The maximum Gasteiger partial charge on any atom is 0.0761 e. The Balaban J connectivity index is 1.32. The molecule has 1 saturated carbocycles. The smallest absolute Gasteiger partial charge is 0.0761 e. The monoisotopic (exact) mass is 417 g/mol. The van der Waals surface area contributed by atoms with Crippen LogP contribution < -0.4 is 5.73 Å². The Morgan fingerprint density at radius 2 is 1.84 bits per heavy atom. The molecule has 0 bridgehead atoms. The van der Waals surface area contributed by atoms with E-state index >= 15 is 0 Å². The number of hydrogen-bond donors (Lipinski definition) is 3. The number of hydrogen-bond acceptors (Lipinski definition) is 3. The van der Waals surface area contributed by atoms with Crippen molar-refractivity contribution < 1.29 is 10.2 Å². The number of aliphatic hydroxyl groups excluding tert-OH is 2. The van der Waals surface area contributed by atoms with Crippen molar-refractivity contribution in [1.29, 1.82) is 0 Å². The van der Waals surface area contributed by atoms with Crippen LogP contribution in [0.15, 0.2) is 72.3 Å². The summed E-state index contributed by atoms with van der Waals surface area (Å²) in [5.41, 5.74) is 12.2. The number of benzene rings is 2. The number of fused-ring (bicyclic) bond motifs is 1. The first-order valence-electron chi connectivity index (χ1n) is 11.6. The van der Waals surface area contributed by atoms with Crippen LogP contribution in [0.25, 0.3) is 0 Å². The van der Waals surface area contributed by atoms with Crippen LogP contribution in [-0.2, 0) is 19.4 Å². The van der Waals surface area contributed by atoms with Gasteiger partial charge in [0.25, 0.3) is 0 Å². The van der Waals surface area contributed by atoms with E-state index in [1.54, 1.807) is 0 Å². The molecule has 31 heavy (non-hydrogen) atoms. The number of rotatable bonds is 8. The van der Waals surface area contributed by atoms with E-state index in [2.05, 4.69) is 61.5 Å². The Morgan fingerprint density at radius 3 is 2.65 bits per heavy atom. The first-order valence-corrected chi connectivity index (χ1v) is 11.6. The first kappa shape index (κ1) is 22.0. The summed E-state index contributed by atoms with van der Waals surface area (Å²) in [7, 11) is 0. The molecule has 2 aromatic carbocycles. The molecule has 0 unspecified atom stereocenters. The van der Waals surface area contributed by atoms with Crippen LogP contribution in [-0.4, -0.2) is 22.4 Å². The number of allylic oxidation sites excluding steroid dienone is 2. The van der Waals surface area contributed by atoms with E-state index in [4.69, 9.17) is 5.73 Å². The van der Waals surface area contributed by atoms with Gasteiger partial charge in [-0.2, -0.15) is 0 Å². The van der Waals surface area contributed by atoms with Crippen LogP contribution in [0.3, 0.4) is 0 Å². The van der Waals surface area contributed by atoms with Gasteiger partial charge in [0.1, 0.15) is 0 Å². The van der Waals surface area contributed by atoms with Crippen LogP contribution in [0, 0.1) is 24.7 Å². The summed E-state index contributed by atoms with van der Waals surface area (Å²) in [4.78, 5) is 0. The lowest BCUT2D eigenvalue weighted by molar-refractivity contribution is 0.140. The van der Waals surface area contributed by atoms with E-state index in [9.17, 15) is 10.2 Å². The minimum Gasteiger partial charge on any atom is -0.392 e. The van der Waals surface area contributed by atoms with Crippen molar-refractivity contribution in [2.45, 2.75) is 57.8 Å². The standard InChI is InChI=1S/C28H35NO2/c1-19-4-2-6-21(12-19)15-25(30)10-11-26-27-16-22(14-24(27)17-28(26)31)9-8-20-5-3-7-23(13-20)18-29/h2-7,10-14,24-28,30-31H,8-9,15-18,29H2,1H3/t24-,25-,26+,27-,28+/m0/s1. The van der Waals surface area contributed by atoms with Crippen molar-refractivity contribution in [2.75, 3.05) is 0 Å². The third kappa shape index (κ3) is 5.54.